The zero-order valence-corrected chi connectivity index (χ0v) is 18.9. The lowest BCUT2D eigenvalue weighted by atomic mass is 9.99. The molecule has 0 aliphatic carbocycles. The van der Waals surface area contributed by atoms with E-state index in [1.165, 1.54) is 4.90 Å². The number of halogens is 1. The largest absolute Gasteiger partial charge is 0.503 e. The highest BCUT2D eigenvalue weighted by Crippen LogP contribution is 2.40. The van der Waals surface area contributed by atoms with Crippen molar-refractivity contribution in [1.82, 2.24) is 4.90 Å². The van der Waals surface area contributed by atoms with Crippen molar-refractivity contribution in [1.29, 1.82) is 0 Å². The quantitative estimate of drug-likeness (QED) is 0.466. The van der Waals surface area contributed by atoms with Crippen LogP contribution in [0.1, 0.15) is 42.0 Å². The van der Waals surface area contributed by atoms with E-state index in [4.69, 9.17) is 13.6 Å². The Morgan fingerprint density at radius 1 is 1.23 bits per heavy atom. The average molecular weight is 488 g/mol. The van der Waals surface area contributed by atoms with Crippen LogP contribution in [0, 0.1) is 6.92 Å². The highest BCUT2D eigenvalue weighted by molar-refractivity contribution is 9.10. The minimum absolute atomic E-state index is 0.0143. The maximum absolute atomic E-state index is 13.4. The van der Waals surface area contributed by atoms with Gasteiger partial charge in [0.25, 0.3) is 5.91 Å². The molecule has 2 aromatic heterocycles. The van der Waals surface area contributed by atoms with Gasteiger partial charge < -0.3 is 23.6 Å². The molecule has 0 fully saturated rings. The van der Waals surface area contributed by atoms with Crippen LogP contribution in [0.2, 0.25) is 0 Å². The van der Waals surface area contributed by atoms with E-state index in [1.807, 2.05) is 19.9 Å². The average Bonchev–Trinajstić information content (AvgIpc) is 3.39. The number of rotatable bonds is 7. The second-order valence-corrected chi connectivity index (χ2v) is 8.57. The molecule has 0 bridgehead atoms. The SMILES string of the molecule is Cc1ccc(C2C(C(=O)c3cc4cc(Br)ccc4o3)=C(O)C(=O)N2CCOC(C)C)o1. The fourth-order valence-electron chi connectivity index (χ4n) is 3.66. The summed E-state index contributed by atoms with van der Waals surface area (Å²) in [5.41, 5.74) is 0.463. The van der Waals surface area contributed by atoms with Gasteiger partial charge in [-0.25, -0.2) is 0 Å². The Morgan fingerprint density at radius 2 is 2.00 bits per heavy atom. The third-order valence-electron chi connectivity index (χ3n) is 5.06. The number of aliphatic hydroxyl groups excluding tert-OH is 1. The number of ketones is 1. The molecule has 3 aromatic rings. The van der Waals surface area contributed by atoms with E-state index in [-0.39, 0.29) is 30.6 Å². The third kappa shape index (κ3) is 4.05. The molecule has 8 heteroatoms. The molecule has 0 saturated carbocycles. The van der Waals surface area contributed by atoms with Crippen LogP contribution >= 0.6 is 15.9 Å². The number of aliphatic hydroxyl groups is 1. The number of fused-ring (bicyclic) bond motifs is 1. The normalized spacial score (nSPS) is 16.9. The van der Waals surface area contributed by atoms with Gasteiger partial charge in [-0.2, -0.15) is 0 Å². The summed E-state index contributed by atoms with van der Waals surface area (Å²) < 4.78 is 17.9. The summed E-state index contributed by atoms with van der Waals surface area (Å²) in [7, 11) is 0. The maximum Gasteiger partial charge on any atom is 0.290 e. The first kappa shape index (κ1) is 21.4. The first-order valence-electron chi connectivity index (χ1n) is 9.92. The fourth-order valence-corrected chi connectivity index (χ4v) is 4.04. The number of furan rings is 2. The number of benzene rings is 1. The molecular formula is C23H22BrNO6. The Balaban J connectivity index is 1.73. The molecule has 4 rings (SSSR count). The molecule has 1 aliphatic rings. The van der Waals surface area contributed by atoms with E-state index < -0.39 is 23.5 Å². The predicted octanol–water partition coefficient (Wildman–Crippen LogP) is 5.10. The van der Waals surface area contributed by atoms with Crippen LogP contribution in [0.15, 0.2) is 61.0 Å². The van der Waals surface area contributed by atoms with Crippen molar-refractivity contribution in [3.8, 4) is 0 Å². The first-order chi connectivity index (χ1) is 14.8. The van der Waals surface area contributed by atoms with Gasteiger partial charge in [0.1, 0.15) is 23.1 Å². The molecule has 1 unspecified atom stereocenters. The number of carbonyl (C=O) groups excluding carboxylic acids is 2. The third-order valence-corrected chi connectivity index (χ3v) is 5.56. The van der Waals surface area contributed by atoms with Crippen molar-refractivity contribution in [2.24, 2.45) is 0 Å². The zero-order chi connectivity index (χ0) is 22.3. The molecule has 0 spiro atoms. The van der Waals surface area contributed by atoms with Gasteiger partial charge in [-0.15, -0.1) is 0 Å². The predicted molar refractivity (Wildman–Crippen MR) is 117 cm³/mol. The Morgan fingerprint density at radius 3 is 2.68 bits per heavy atom. The Bertz CT molecular complexity index is 1190. The number of carbonyl (C=O) groups is 2. The summed E-state index contributed by atoms with van der Waals surface area (Å²) in [4.78, 5) is 27.7. The smallest absolute Gasteiger partial charge is 0.290 e. The monoisotopic (exact) mass is 487 g/mol. The van der Waals surface area contributed by atoms with E-state index in [0.29, 0.717) is 17.1 Å². The summed E-state index contributed by atoms with van der Waals surface area (Å²) in [5, 5.41) is 11.4. The summed E-state index contributed by atoms with van der Waals surface area (Å²) in [6, 6.07) is 9.55. The van der Waals surface area contributed by atoms with Crippen molar-refractivity contribution >= 4 is 38.6 Å². The molecule has 7 nitrogen and oxygen atoms in total. The van der Waals surface area contributed by atoms with Gasteiger partial charge in [0.05, 0.1) is 18.3 Å². The number of amides is 1. The molecule has 162 valence electrons. The van der Waals surface area contributed by atoms with E-state index in [0.717, 1.165) is 9.86 Å². The molecule has 31 heavy (non-hydrogen) atoms. The van der Waals surface area contributed by atoms with Crippen molar-refractivity contribution in [2.45, 2.75) is 32.9 Å². The van der Waals surface area contributed by atoms with Gasteiger partial charge in [0, 0.05) is 16.4 Å². The minimum atomic E-state index is -0.871. The number of hydrogen-bond donors (Lipinski definition) is 1. The Labute approximate surface area is 187 Å². The molecule has 0 radical (unpaired) electrons. The van der Waals surface area contributed by atoms with Crippen LogP contribution in [-0.2, 0) is 9.53 Å². The first-order valence-corrected chi connectivity index (χ1v) is 10.7. The fraction of sp³-hybridized carbons (Fsp3) is 0.304. The number of aryl methyl sites for hydroxylation is 1. The summed E-state index contributed by atoms with van der Waals surface area (Å²) in [6.45, 7) is 6.00. The highest BCUT2D eigenvalue weighted by atomic mass is 79.9. The van der Waals surface area contributed by atoms with Crippen LogP contribution in [0.3, 0.4) is 0 Å². The highest BCUT2D eigenvalue weighted by Gasteiger charge is 2.45. The van der Waals surface area contributed by atoms with E-state index in [2.05, 4.69) is 15.9 Å². The topological polar surface area (TPSA) is 93.1 Å². The molecule has 1 amide bonds. The van der Waals surface area contributed by atoms with E-state index in [9.17, 15) is 14.7 Å². The maximum atomic E-state index is 13.4. The second-order valence-electron chi connectivity index (χ2n) is 7.65. The number of hydrogen-bond acceptors (Lipinski definition) is 6. The van der Waals surface area contributed by atoms with Gasteiger partial charge in [0.2, 0.25) is 5.78 Å². The molecule has 1 atom stereocenters. The van der Waals surface area contributed by atoms with Gasteiger partial charge in [-0.05, 0) is 57.2 Å². The van der Waals surface area contributed by atoms with Gasteiger partial charge in [0.15, 0.2) is 11.5 Å². The van der Waals surface area contributed by atoms with Crippen molar-refractivity contribution in [3.63, 3.8) is 0 Å². The Kier molecular flexibility index (Phi) is 5.77. The zero-order valence-electron chi connectivity index (χ0n) is 17.3. The lowest BCUT2D eigenvalue weighted by molar-refractivity contribution is -0.130. The molecule has 1 N–H and O–H groups in total. The molecule has 0 saturated heterocycles. The van der Waals surface area contributed by atoms with Crippen molar-refractivity contribution < 1.29 is 28.3 Å². The van der Waals surface area contributed by atoms with Crippen LogP contribution in [0.25, 0.3) is 11.0 Å². The van der Waals surface area contributed by atoms with Crippen molar-refractivity contribution in [2.75, 3.05) is 13.2 Å². The van der Waals surface area contributed by atoms with Gasteiger partial charge in [-0.3, -0.25) is 9.59 Å². The molecular weight excluding hydrogens is 466 g/mol. The lowest BCUT2D eigenvalue weighted by Gasteiger charge is -2.25. The van der Waals surface area contributed by atoms with Crippen molar-refractivity contribution in [3.05, 3.63) is 69.5 Å². The summed E-state index contributed by atoms with van der Waals surface area (Å²) in [6.07, 6.45) is -0.0143. The Hall–Kier alpha value is -2.84. The van der Waals surface area contributed by atoms with Gasteiger partial charge in [-0.1, -0.05) is 15.9 Å². The number of Topliss-reactive ketones (excluding diaryl/α,β-unsaturated/α-hetero) is 1. The summed E-state index contributed by atoms with van der Waals surface area (Å²) in [5.74, 6) is -0.751. The van der Waals surface area contributed by atoms with E-state index >= 15 is 0 Å². The summed E-state index contributed by atoms with van der Waals surface area (Å²) >= 11 is 3.40. The minimum Gasteiger partial charge on any atom is -0.503 e. The van der Waals surface area contributed by atoms with Gasteiger partial charge >= 0.3 is 0 Å². The van der Waals surface area contributed by atoms with Crippen LogP contribution in [-0.4, -0.2) is 41.0 Å². The lowest BCUT2D eigenvalue weighted by Crippen LogP contribution is -2.34. The second kappa shape index (κ2) is 8.36. The number of ether oxygens (including phenoxy) is 1. The number of nitrogens with zero attached hydrogens (tertiary/aromatic N) is 1. The van der Waals surface area contributed by atoms with Crippen LogP contribution in [0.5, 0.6) is 0 Å². The van der Waals surface area contributed by atoms with Crippen LogP contribution < -0.4 is 0 Å². The van der Waals surface area contributed by atoms with Crippen LogP contribution in [0.4, 0.5) is 0 Å². The van der Waals surface area contributed by atoms with E-state index in [1.54, 1.807) is 37.3 Å². The molecule has 1 aromatic carbocycles. The molecule has 1 aliphatic heterocycles. The standard InChI is InChI=1S/C23H22BrNO6/c1-12(2)29-9-8-25-20(17-6-4-13(3)30-17)19(22(27)23(25)28)21(26)18-11-14-10-15(24)5-7-16(14)31-18/h4-7,10-12,20,27H,8-9H2,1-3H3. The molecule has 3 heterocycles.